The van der Waals surface area contributed by atoms with Crippen LogP contribution in [0.5, 0.6) is 0 Å². The Labute approximate surface area is 106 Å². The number of anilines is 1. The molecule has 0 radical (unpaired) electrons. The molecule has 0 aliphatic heterocycles. The van der Waals surface area contributed by atoms with Crippen LogP contribution >= 0.6 is 0 Å². The van der Waals surface area contributed by atoms with Gasteiger partial charge >= 0.3 is 0 Å². The lowest BCUT2D eigenvalue weighted by molar-refractivity contribution is -0.120. The fourth-order valence-electron chi connectivity index (χ4n) is 1.66. The highest BCUT2D eigenvalue weighted by molar-refractivity contribution is 5.77. The summed E-state index contributed by atoms with van der Waals surface area (Å²) in [7, 11) is 0. The zero-order chi connectivity index (χ0) is 13.0. The van der Waals surface area contributed by atoms with Crippen LogP contribution in [0.25, 0.3) is 0 Å². The normalized spacial score (nSPS) is 13.8. The van der Waals surface area contributed by atoms with E-state index in [2.05, 4.69) is 21.7 Å². The Bertz CT molecular complexity index is 488. The van der Waals surface area contributed by atoms with E-state index in [-0.39, 0.29) is 5.91 Å². The number of hydrogen-bond donors (Lipinski definition) is 2. The fourth-order valence-corrected chi connectivity index (χ4v) is 1.66. The van der Waals surface area contributed by atoms with Crippen molar-refractivity contribution in [1.29, 1.82) is 5.26 Å². The Morgan fingerprint density at radius 3 is 3.00 bits per heavy atom. The molecule has 1 aliphatic carbocycles. The quantitative estimate of drug-likeness (QED) is 0.819. The third kappa shape index (κ3) is 3.74. The summed E-state index contributed by atoms with van der Waals surface area (Å²) in [5.41, 5.74) is 1.37. The molecule has 5 heteroatoms. The maximum atomic E-state index is 11.4. The molecule has 94 valence electrons. The SMILES string of the molecule is Cc1cc(C#N)cc(NCCC(=O)NC2CC2)n1. The molecule has 1 aromatic heterocycles. The van der Waals surface area contributed by atoms with Gasteiger partial charge in [0, 0.05) is 24.7 Å². The van der Waals surface area contributed by atoms with Gasteiger partial charge in [-0.05, 0) is 31.9 Å². The molecule has 1 aromatic rings. The van der Waals surface area contributed by atoms with Crippen molar-refractivity contribution in [2.45, 2.75) is 32.2 Å². The molecular formula is C13H16N4O. The highest BCUT2D eigenvalue weighted by Gasteiger charge is 2.22. The Morgan fingerprint density at radius 1 is 1.56 bits per heavy atom. The summed E-state index contributed by atoms with van der Waals surface area (Å²) < 4.78 is 0. The Hall–Kier alpha value is -2.09. The van der Waals surface area contributed by atoms with Gasteiger partial charge in [0.2, 0.25) is 5.91 Å². The van der Waals surface area contributed by atoms with Crippen molar-refractivity contribution in [3.05, 3.63) is 23.4 Å². The smallest absolute Gasteiger partial charge is 0.221 e. The number of hydrogen-bond acceptors (Lipinski definition) is 4. The maximum absolute atomic E-state index is 11.4. The van der Waals surface area contributed by atoms with Crippen LogP contribution in [0.15, 0.2) is 12.1 Å². The molecule has 0 unspecified atom stereocenters. The summed E-state index contributed by atoms with van der Waals surface area (Å²) in [6.07, 6.45) is 2.63. The maximum Gasteiger partial charge on any atom is 0.221 e. The minimum atomic E-state index is 0.0677. The zero-order valence-electron chi connectivity index (χ0n) is 10.4. The topological polar surface area (TPSA) is 77.8 Å². The standard InChI is InChI=1S/C13H16N4O/c1-9-6-10(8-14)7-12(16-9)15-5-4-13(18)17-11-2-3-11/h6-7,11H,2-5H2,1H3,(H,15,16)(H,17,18). The van der Waals surface area contributed by atoms with Gasteiger partial charge in [0.1, 0.15) is 5.82 Å². The highest BCUT2D eigenvalue weighted by atomic mass is 16.1. The van der Waals surface area contributed by atoms with E-state index in [1.165, 1.54) is 0 Å². The molecule has 18 heavy (non-hydrogen) atoms. The number of nitrogens with zero attached hydrogens (tertiary/aromatic N) is 2. The fraction of sp³-hybridized carbons (Fsp3) is 0.462. The molecule has 2 N–H and O–H groups in total. The number of aryl methyl sites for hydroxylation is 1. The molecule has 1 heterocycles. The molecule has 1 fully saturated rings. The van der Waals surface area contributed by atoms with E-state index in [1.807, 2.05) is 6.92 Å². The first kappa shape index (κ1) is 12.4. The van der Waals surface area contributed by atoms with Gasteiger partial charge in [-0.25, -0.2) is 4.98 Å². The van der Waals surface area contributed by atoms with Gasteiger partial charge in [-0.15, -0.1) is 0 Å². The largest absolute Gasteiger partial charge is 0.370 e. The number of aromatic nitrogens is 1. The monoisotopic (exact) mass is 244 g/mol. The van der Waals surface area contributed by atoms with Gasteiger partial charge in [0.05, 0.1) is 11.6 Å². The van der Waals surface area contributed by atoms with Crippen molar-refractivity contribution in [3.63, 3.8) is 0 Å². The molecule has 0 atom stereocenters. The minimum Gasteiger partial charge on any atom is -0.370 e. The number of carbonyl (C=O) groups excluding carboxylic acids is 1. The first-order valence-corrected chi connectivity index (χ1v) is 6.09. The second-order valence-electron chi connectivity index (χ2n) is 4.51. The first-order valence-electron chi connectivity index (χ1n) is 6.09. The summed E-state index contributed by atoms with van der Waals surface area (Å²) in [6.45, 7) is 2.37. The van der Waals surface area contributed by atoms with E-state index in [1.54, 1.807) is 12.1 Å². The van der Waals surface area contributed by atoms with Crippen molar-refractivity contribution in [2.75, 3.05) is 11.9 Å². The van der Waals surface area contributed by atoms with Crippen LogP contribution in [0, 0.1) is 18.3 Å². The molecular weight excluding hydrogens is 228 g/mol. The molecule has 1 saturated carbocycles. The first-order chi connectivity index (χ1) is 8.67. The lowest BCUT2D eigenvalue weighted by Crippen LogP contribution is -2.27. The predicted octanol–water partition coefficient (Wildman–Crippen LogP) is 1.34. The van der Waals surface area contributed by atoms with Crippen LogP contribution in [0.2, 0.25) is 0 Å². The van der Waals surface area contributed by atoms with Crippen molar-refractivity contribution < 1.29 is 4.79 Å². The molecule has 0 saturated heterocycles. The second kappa shape index (κ2) is 5.50. The molecule has 1 aliphatic rings. The number of carbonyl (C=O) groups is 1. The van der Waals surface area contributed by atoms with Crippen LogP contribution in [0.3, 0.4) is 0 Å². The van der Waals surface area contributed by atoms with E-state index in [0.29, 0.717) is 30.4 Å². The van der Waals surface area contributed by atoms with E-state index in [4.69, 9.17) is 5.26 Å². The van der Waals surface area contributed by atoms with Crippen molar-refractivity contribution >= 4 is 11.7 Å². The minimum absolute atomic E-state index is 0.0677. The molecule has 1 amide bonds. The summed E-state index contributed by atoms with van der Waals surface area (Å²) >= 11 is 0. The van der Waals surface area contributed by atoms with Crippen LogP contribution in [-0.2, 0) is 4.79 Å². The van der Waals surface area contributed by atoms with Gasteiger partial charge in [-0.2, -0.15) is 5.26 Å². The summed E-state index contributed by atoms with van der Waals surface area (Å²) in [5, 5.41) is 14.8. The number of rotatable bonds is 5. The van der Waals surface area contributed by atoms with Gasteiger partial charge in [0.15, 0.2) is 0 Å². The zero-order valence-corrected chi connectivity index (χ0v) is 10.4. The molecule has 5 nitrogen and oxygen atoms in total. The number of nitrogens with one attached hydrogen (secondary N) is 2. The molecule has 0 bridgehead atoms. The van der Waals surface area contributed by atoms with Crippen LogP contribution in [0.1, 0.15) is 30.5 Å². The Morgan fingerprint density at radius 2 is 2.33 bits per heavy atom. The van der Waals surface area contributed by atoms with Crippen LogP contribution in [-0.4, -0.2) is 23.5 Å². The third-order valence-corrected chi connectivity index (χ3v) is 2.68. The summed E-state index contributed by atoms with van der Waals surface area (Å²) in [6, 6.07) is 5.90. The van der Waals surface area contributed by atoms with E-state index in [9.17, 15) is 4.79 Å². The van der Waals surface area contributed by atoms with Crippen LogP contribution in [0.4, 0.5) is 5.82 Å². The molecule has 2 rings (SSSR count). The molecule has 0 aromatic carbocycles. The van der Waals surface area contributed by atoms with E-state index < -0.39 is 0 Å². The highest BCUT2D eigenvalue weighted by Crippen LogP contribution is 2.18. The average Bonchev–Trinajstić information content (AvgIpc) is 3.12. The van der Waals surface area contributed by atoms with E-state index in [0.717, 1.165) is 18.5 Å². The number of nitriles is 1. The number of amides is 1. The molecule has 0 spiro atoms. The average molecular weight is 244 g/mol. The van der Waals surface area contributed by atoms with Crippen molar-refractivity contribution in [1.82, 2.24) is 10.3 Å². The van der Waals surface area contributed by atoms with Crippen LogP contribution < -0.4 is 10.6 Å². The number of pyridine rings is 1. The van der Waals surface area contributed by atoms with Gasteiger partial charge in [-0.3, -0.25) is 4.79 Å². The van der Waals surface area contributed by atoms with Gasteiger partial charge in [0.25, 0.3) is 0 Å². The second-order valence-corrected chi connectivity index (χ2v) is 4.51. The van der Waals surface area contributed by atoms with Crippen molar-refractivity contribution in [2.24, 2.45) is 0 Å². The lowest BCUT2D eigenvalue weighted by Gasteiger charge is -2.07. The predicted molar refractivity (Wildman–Crippen MR) is 68.0 cm³/mol. The van der Waals surface area contributed by atoms with Gasteiger partial charge < -0.3 is 10.6 Å². The Balaban J connectivity index is 1.80. The Kier molecular flexibility index (Phi) is 3.78. The summed E-state index contributed by atoms with van der Waals surface area (Å²) in [4.78, 5) is 15.7. The third-order valence-electron chi connectivity index (χ3n) is 2.68. The van der Waals surface area contributed by atoms with E-state index >= 15 is 0 Å². The summed E-state index contributed by atoms with van der Waals surface area (Å²) in [5.74, 6) is 0.712. The van der Waals surface area contributed by atoms with Crippen molar-refractivity contribution in [3.8, 4) is 6.07 Å². The van der Waals surface area contributed by atoms with Gasteiger partial charge in [-0.1, -0.05) is 0 Å². The lowest BCUT2D eigenvalue weighted by atomic mass is 10.2.